The predicted octanol–water partition coefficient (Wildman–Crippen LogP) is 3.02. The lowest BCUT2D eigenvalue weighted by Crippen LogP contribution is -1.91. The predicted molar refractivity (Wildman–Crippen MR) is 76.7 cm³/mol. The molecule has 0 unspecified atom stereocenters. The Hall–Kier alpha value is -2.76. The molecule has 6 nitrogen and oxygen atoms in total. The highest BCUT2D eigenvalue weighted by Gasteiger charge is 2.22. The second-order valence-electron chi connectivity index (χ2n) is 4.44. The first-order valence-corrected chi connectivity index (χ1v) is 6.18. The first-order chi connectivity index (χ1) is 10.1. The van der Waals surface area contributed by atoms with Gasteiger partial charge in [-0.3, -0.25) is 0 Å². The Morgan fingerprint density at radius 1 is 0.762 bits per heavy atom. The molecule has 0 amide bonds. The van der Waals surface area contributed by atoms with Gasteiger partial charge in [-0.05, 0) is 18.2 Å². The zero-order chi connectivity index (χ0) is 15.1. The van der Waals surface area contributed by atoms with Crippen LogP contribution in [0.3, 0.4) is 0 Å². The van der Waals surface area contributed by atoms with Crippen molar-refractivity contribution in [2.75, 3.05) is 21.3 Å². The van der Waals surface area contributed by atoms with Crippen LogP contribution in [0.25, 0.3) is 21.9 Å². The van der Waals surface area contributed by atoms with Gasteiger partial charge in [0.2, 0.25) is 17.2 Å². The summed E-state index contributed by atoms with van der Waals surface area (Å²) in [6.45, 7) is 0. The number of phenolic OH excluding ortho intramolecular Hbond substituents is 2. The van der Waals surface area contributed by atoms with Gasteiger partial charge in [-0.1, -0.05) is 0 Å². The van der Waals surface area contributed by atoms with E-state index in [0.29, 0.717) is 21.9 Å². The highest BCUT2D eigenvalue weighted by Crippen LogP contribution is 2.48. The molecule has 0 fully saturated rings. The number of methoxy groups -OCH3 is 3. The van der Waals surface area contributed by atoms with Crippen LogP contribution in [0.5, 0.6) is 28.7 Å². The van der Waals surface area contributed by atoms with E-state index >= 15 is 0 Å². The van der Waals surface area contributed by atoms with Crippen LogP contribution in [0.15, 0.2) is 22.6 Å². The van der Waals surface area contributed by atoms with Crippen molar-refractivity contribution < 1.29 is 28.8 Å². The topological polar surface area (TPSA) is 81.3 Å². The van der Waals surface area contributed by atoms with E-state index in [4.69, 9.17) is 18.6 Å². The Kier molecular flexibility index (Phi) is 2.94. The van der Waals surface area contributed by atoms with E-state index < -0.39 is 0 Å². The van der Waals surface area contributed by atoms with E-state index in [9.17, 15) is 10.2 Å². The quantitative estimate of drug-likeness (QED) is 0.771. The van der Waals surface area contributed by atoms with Crippen molar-refractivity contribution in [2.24, 2.45) is 0 Å². The third-order valence-electron chi connectivity index (χ3n) is 3.37. The summed E-state index contributed by atoms with van der Waals surface area (Å²) in [5.41, 5.74) is 0.782. The van der Waals surface area contributed by atoms with Gasteiger partial charge in [0.05, 0.1) is 21.3 Å². The highest BCUT2D eigenvalue weighted by molar-refractivity contribution is 6.10. The molecule has 2 aromatic carbocycles. The molecule has 0 aliphatic carbocycles. The van der Waals surface area contributed by atoms with Crippen molar-refractivity contribution in [1.29, 1.82) is 0 Å². The Balaban J connectivity index is 2.51. The van der Waals surface area contributed by atoms with Gasteiger partial charge in [0.15, 0.2) is 22.7 Å². The van der Waals surface area contributed by atoms with E-state index in [1.807, 2.05) is 0 Å². The lowest BCUT2D eigenvalue weighted by Gasteiger charge is -2.09. The van der Waals surface area contributed by atoms with Gasteiger partial charge >= 0.3 is 0 Å². The lowest BCUT2D eigenvalue weighted by molar-refractivity contribution is 0.332. The number of aromatic hydroxyl groups is 2. The minimum atomic E-state index is -0.0587. The largest absolute Gasteiger partial charge is 0.504 e. The number of fused-ring (bicyclic) bond motifs is 3. The van der Waals surface area contributed by atoms with Gasteiger partial charge in [-0.2, -0.15) is 0 Å². The normalized spacial score (nSPS) is 11.0. The van der Waals surface area contributed by atoms with Crippen molar-refractivity contribution in [3.8, 4) is 28.7 Å². The molecule has 0 bridgehead atoms. The summed E-state index contributed by atoms with van der Waals surface area (Å²) in [6, 6.07) is 4.72. The smallest absolute Gasteiger partial charge is 0.208 e. The number of benzene rings is 2. The zero-order valence-electron chi connectivity index (χ0n) is 11.8. The van der Waals surface area contributed by atoms with E-state index in [1.54, 1.807) is 6.07 Å². The summed E-state index contributed by atoms with van der Waals surface area (Å²) in [6.07, 6.45) is 0. The Morgan fingerprint density at radius 3 is 2.00 bits per heavy atom. The van der Waals surface area contributed by atoms with Gasteiger partial charge in [0.1, 0.15) is 0 Å². The zero-order valence-corrected chi connectivity index (χ0v) is 11.8. The third kappa shape index (κ3) is 1.72. The number of rotatable bonds is 3. The Labute approximate surface area is 120 Å². The van der Waals surface area contributed by atoms with Gasteiger partial charge in [0.25, 0.3) is 0 Å². The number of hydrogen-bond acceptors (Lipinski definition) is 6. The number of furan rings is 1. The second kappa shape index (κ2) is 4.66. The van der Waals surface area contributed by atoms with Crippen LogP contribution in [0.2, 0.25) is 0 Å². The van der Waals surface area contributed by atoms with Crippen molar-refractivity contribution in [2.45, 2.75) is 0 Å². The molecule has 0 saturated heterocycles. The summed E-state index contributed by atoms with van der Waals surface area (Å²) in [5.74, 6) is 0.609. The molecule has 0 radical (unpaired) electrons. The highest BCUT2D eigenvalue weighted by atomic mass is 16.5. The lowest BCUT2D eigenvalue weighted by atomic mass is 10.1. The van der Waals surface area contributed by atoms with Crippen LogP contribution >= 0.6 is 0 Å². The van der Waals surface area contributed by atoms with Crippen LogP contribution in [0.1, 0.15) is 0 Å². The molecule has 1 aromatic heterocycles. The fourth-order valence-electron chi connectivity index (χ4n) is 2.46. The molecule has 3 aromatic rings. The van der Waals surface area contributed by atoms with E-state index in [1.165, 1.54) is 33.5 Å². The molecule has 0 aliphatic rings. The van der Waals surface area contributed by atoms with Crippen molar-refractivity contribution in [3.63, 3.8) is 0 Å². The van der Waals surface area contributed by atoms with Crippen LogP contribution in [-0.2, 0) is 0 Å². The molecule has 6 heteroatoms. The number of phenols is 2. The minimum Gasteiger partial charge on any atom is -0.504 e. The fourth-order valence-corrected chi connectivity index (χ4v) is 2.46. The summed E-state index contributed by atoms with van der Waals surface area (Å²) in [7, 11) is 4.33. The molecule has 2 N–H and O–H groups in total. The van der Waals surface area contributed by atoms with Crippen LogP contribution in [0.4, 0.5) is 0 Å². The molecular weight excluding hydrogens is 276 g/mol. The maximum absolute atomic E-state index is 10.1. The van der Waals surface area contributed by atoms with E-state index in [0.717, 1.165) is 0 Å². The molecular formula is C15H14O6. The van der Waals surface area contributed by atoms with Gasteiger partial charge < -0.3 is 28.8 Å². The Morgan fingerprint density at radius 2 is 1.38 bits per heavy atom. The molecule has 21 heavy (non-hydrogen) atoms. The minimum absolute atomic E-state index is 0.0285. The molecule has 1 heterocycles. The molecule has 0 saturated carbocycles. The first-order valence-electron chi connectivity index (χ1n) is 6.18. The fraction of sp³-hybridized carbons (Fsp3) is 0.200. The van der Waals surface area contributed by atoms with Gasteiger partial charge in [-0.15, -0.1) is 0 Å². The molecule has 0 aliphatic heterocycles. The van der Waals surface area contributed by atoms with Gasteiger partial charge in [0, 0.05) is 10.8 Å². The Bertz CT molecular complexity index is 833. The third-order valence-corrected chi connectivity index (χ3v) is 3.37. The van der Waals surface area contributed by atoms with Crippen molar-refractivity contribution >= 4 is 21.9 Å². The maximum atomic E-state index is 10.1. The number of ether oxygens (including phenoxy) is 3. The summed E-state index contributed by atoms with van der Waals surface area (Å²) < 4.78 is 21.4. The van der Waals surface area contributed by atoms with Crippen LogP contribution in [-0.4, -0.2) is 31.5 Å². The first kappa shape index (κ1) is 13.2. The SMILES string of the molecule is COc1c(O)cc2c(oc3c(OC)c(O)ccc32)c1OC. The van der Waals surface area contributed by atoms with Crippen LogP contribution in [0, 0.1) is 0 Å². The second-order valence-corrected chi connectivity index (χ2v) is 4.44. The van der Waals surface area contributed by atoms with Crippen molar-refractivity contribution in [1.82, 2.24) is 0 Å². The monoisotopic (exact) mass is 290 g/mol. The van der Waals surface area contributed by atoms with Gasteiger partial charge in [-0.25, -0.2) is 0 Å². The van der Waals surface area contributed by atoms with Crippen molar-refractivity contribution in [3.05, 3.63) is 18.2 Å². The number of hydrogen-bond donors (Lipinski definition) is 2. The maximum Gasteiger partial charge on any atom is 0.208 e. The summed E-state index contributed by atoms with van der Waals surface area (Å²) in [4.78, 5) is 0. The standard InChI is InChI=1S/C15H14O6/c1-18-13-9(16)5-4-7-8-6-10(17)14(19-2)15(20-3)12(8)21-11(7)13/h4-6,16-17H,1-3H3. The molecule has 0 atom stereocenters. The van der Waals surface area contributed by atoms with Crippen LogP contribution < -0.4 is 14.2 Å². The summed E-state index contributed by atoms with van der Waals surface area (Å²) in [5, 5.41) is 21.2. The molecule has 110 valence electrons. The van der Waals surface area contributed by atoms with E-state index in [2.05, 4.69) is 0 Å². The molecule has 0 spiro atoms. The average Bonchev–Trinajstić information content (AvgIpc) is 2.83. The van der Waals surface area contributed by atoms with E-state index in [-0.39, 0.29) is 28.7 Å². The summed E-state index contributed by atoms with van der Waals surface area (Å²) >= 11 is 0. The molecule has 3 rings (SSSR count). The average molecular weight is 290 g/mol.